The zero-order chi connectivity index (χ0) is 8.97. The van der Waals surface area contributed by atoms with Gasteiger partial charge in [-0.05, 0) is 23.8 Å². The van der Waals surface area contributed by atoms with Crippen molar-refractivity contribution >= 4 is 49.8 Å². The summed E-state index contributed by atoms with van der Waals surface area (Å²) in [7, 11) is 0. The van der Waals surface area contributed by atoms with Gasteiger partial charge in [0.05, 0.1) is 5.97 Å². The van der Waals surface area contributed by atoms with Crippen LogP contribution in [0.5, 0.6) is 5.75 Å². The van der Waals surface area contributed by atoms with Crippen LogP contribution in [0, 0.1) is 0 Å². The molecule has 1 aromatic rings. The number of carboxylic acid groups (broad SMARTS) is 1. The first-order chi connectivity index (χ1) is 5.68. The SMILES string of the molecule is O=C([O-])/C=C/c1ccc(O)cc1.[Ca+2].[OH-]. The number of phenolic OH excluding ortho intramolecular Hbond substituents is 1. The Morgan fingerprint density at radius 2 is 1.79 bits per heavy atom. The van der Waals surface area contributed by atoms with E-state index in [4.69, 9.17) is 5.11 Å². The molecule has 0 heterocycles. The minimum absolute atomic E-state index is 0. The molecule has 5 heteroatoms. The number of carboxylic acids is 1. The van der Waals surface area contributed by atoms with Crippen LogP contribution in [0.3, 0.4) is 0 Å². The molecule has 4 nitrogen and oxygen atoms in total. The molecule has 0 aliphatic heterocycles. The fourth-order valence-electron chi connectivity index (χ4n) is 0.750. The first kappa shape index (κ1) is 15.9. The number of hydrogen-bond acceptors (Lipinski definition) is 4. The van der Waals surface area contributed by atoms with Gasteiger partial charge in [0.2, 0.25) is 0 Å². The molecule has 0 spiro atoms. The van der Waals surface area contributed by atoms with Crippen molar-refractivity contribution in [1.82, 2.24) is 0 Å². The van der Waals surface area contributed by atoms with Gasteiger partial charge in [-0.1, -0.05) is 18.2 Å². The molecule has 0 saturated heterocycles. The van der Waals surface area contributed by atoms with Gasteiger partial charge in [-0.25, -0.2) is 0 Å². The van der Waals surface area contributed by atoms with E-state index in [1.807, 2.05) is 0 Å². The molecule has 1 aromatic carbocycles. The fraction of sp³-hybridized carbons (Fsp3) is 0. The molecule has 0 bridgehead atoms. The van der Waals surface area contributed by atoms with Crippen LogP contribution in [0.1, 0.15) is 5.56 Å². The number of aromatic hydroxyl groups is 1. The van der Waals surface area contributed by atoms with Crippen molar-refractivity contribution in [1.29, 1.82) is 0 Å². The Bertz CT molecular complexity index is 305. The number of hydrogen-bond donors (Lipinski definition) is 1. The van der Waals surface area contributed by atoms with Gasteiger partial charge in [-0.15, -0.1) is 0 Å². The molecule has 0 saturated carbocycles. The second-order valence-corrected chi connectivity index (χ2v) is 2.24. The first-order valence-corrected chi connectivity index (χ1v) is 3.36. The first-order valence-electron chi connectivity index (χ1n) is 3.36. The van der Waals surface area contributed by atoms with Crippen molar-refractivity contribution in [2.75, 3.05) is 0 Å². The van der Waals surface area contributed by atoms with E-state index in [9.17, 15) is 9.90 Å². The van der Waals surface area contributed by atoms with Crippen molar-refractivity contribution < 1.29 is 20.5 Å². The fourth-order valence-corrected chi connectivity index (χ4v) is 0.750. The van der Waals surface area contributed by atoms with E-state index in [-0.39, 0.29) is 49.0 Å². The Balaban J connectivity index is 0. The average molecular weight is 220 g/mol. The molecule has 0 aliphatic rings. The minimum atomic E-state index is -1.23. The predicted molar refractivity (Wildman–Crippen MR) is 49.8 cm³/mol. The number of benzene rings is 1. The summed E-state index contributed by atoms with van der Waals surface area (Å²) in [6.07, 6.45) is 2.33. The molecule has 70 valence electrons. The van der Waals surface area contributed by atoms with Crippen molar-refractivity contribution in [2.45, 2.75) is 0 Å². The molecule has 14 heavy (non-hydrogen) atoms. The van der Waals surface area contributed by atoms with Gasteiger partial charge in [0, 0.05) is 0 Å². The van der Waals surface area contributed by atoms with Gasteiger partial charge < -0.3 is 20.5 Å². The van der Waals surface area contributed by atoms with Gasteiger partial charge in [-0.2, -0.15) is 0 Å². The molecule has 0 aromatic heterocycles. The Kier molecular flexibility index (Phi) is 8.88. The number of carbonyl (C=O) groups is 1. The quantitative estimate of drug-likeness (QED) is 0.542. The van der Waals surface area contributed by atoms with Crippen LogP contribution in [0.4, 0.5) is 0 Å². The molecule has 0 radical (unpaired) electrons. The van der Waals surface area contributed by atoms with Gasteiger partial charge >= 0.3 is 37.7 Å². The largest absolute Gasteiger partial charge is 2.00 e. The number of carbonyl (C=O) groups excluding carboxylic acids is 1. The standard InChI is InChI=1S/C9H8O3.Ca.H2O/c10-8-4-1-7(2-5-8)3-6-9(11)12;;/h1-6,10H,(H,11,12);;1H2/q;+2;/p-2/b6-3+;;. The Morgan fingerprint density at radius 1 is 1.29 bits per heavy atom. The number of rotatable bonds is 2. The van der Waals surface area contributed by atoms with Crippen molar-refractivity contribution in [3.05, 3.63) is 35.9 Å². The predicted octanol–water partition coefficient (Wildman–Crippen LogP) is -0.402. The smallest absolute Gasteiger partial charge is 0.870 e. The summed E-state index contributed by atoms with van der Waals surface area (Å²) >= 11 is 0. The minimum Gasteiger partial charge on any atom is -0.870 e. The zero-order valence-corrected chi connectivity index (χ0v) is 9.59. The Morgan fingerprint density at radius 3 is 2.21 bits per heavy atom. The third-order valence-electron chi connectivity index (χ3n) is 1.30. The van der Waals surface area contributed by atoms with Crippen LogP contribution in [-0.2, 0) is 4.79 Å². The summed E-state index contributed by atoms with van der Waals surface area (Å²) < 4.78 is 0. The van der Waals surface area contributed by atoms with E-state index in [0.29, 0.717) is 5.56 Å². The molecule has 0 atom stereocenters. The summed E-state index contributed by atoms with van der Waals surface area (Å²) in [5.74, 6) is -1.08. The number of aliphatic carboxylic acids is 1. The van der Waals surface area contributed by atoms with E-state index in [1.165, 1.54) is 18.2 Å². The average Bonchev–Trinajstić information content (AvgIpc) is 2.03. The molecular formula is C9H8CaO4. The molecule has 1 rings (SSSR count). The maximum Gasteiger partial charge on any atom is 2.00 e. The summed E-state index contributed by atoms with van der Waals surface area (Å²) in [6, 6.07) is 6.17. The van der Waals surface area contributed by atoms with E-state index in [2.05, 4.69) is 0 Å². The van der Waals surface area contributed by atoms with Crippen molar-refractivity contribution in [3.63, 3.8) is 0 Å². The van der Waals surface area contributed by atoms with E-state index in [0.717, 1.165) is 6.08 Å². The van der Waals surface area contributed by atoms with Crippen molar-refractivity contribution in [3.8, 4) is 5.75 Å². The van der Waals surface area contributed by atoms with Gasteiger partial charge in [0.1, 0.15) is 5.75 Å². The van der Waals surface area contributed by atoms with Gasteiger partial charge in [0.25, 0.3) is 0 Å². The molecule has 0 amide bonds. The Labute approximate surface area is 111 Å². The Hall–Kier alpha value is -0.550. The van der Waals surface area contributed by atoms with E-state index >= 15 is 0 Å². The van der Waals surface area contributed by atoms with E-state index in [1.54, 1.807) is 12.1 Å². The summed E-state index contributed by atoms with van der Waals surface area (Å²) in [4.78, 5) is 9.99. The monoisotopic (exact) mass is 220 g/mol. The van der Waals surface area contributed by atoms with Crippen LogP contribution in [0.15, 0.2) is 30.3 Å². The summed E-state index contributed by atoms with van der Waals surface area (Å²) in [6.45, 7) is 0. The van der Waals surface area contributed by atoms with Crippen LogP contribution in [0.2, 0.25) is 0 Å². The van der Waals surface area contributed by atoms with Gasteiger partial charge in [-0.3, -0.25) is 0 Å². The third-order valence-corrected chi connectivity index (χ3v) is 1.30. The normalized spacial score (nSPS) is 8.86. The summed E-state index contributed by atoms with van der Waals surface area (Å²) in [5.41, 5.74) is 0.706. The van der Waals surface area contributed by atoms with Gasteiger partial charge in [0.15, 0.2) is 0 Å². The topological polar surface area (TPSA) is 90.4 Å². The zero-order valence-electron chi connectivity index (χ0n) is 7.38. The third kappa shape index (κ3) is 5.99. The second kappa shape index (κ2) is 7.82. The molecule has 0 unspecified atom stereocenters. The van der Waals surface area contributed by atoms with Crippen LogP contribution < -0.4 is 5.11 Å². The molecule has 0 fully saturated rings. The molecular weight excluding hydrogens is 212 g/mol. The van der Waals surface area contributed by atoms with Crippen LogP contribution in [0.25, 0.3) is 6.08 Å². The van der Waals surface area contributed by atoms with Crippen molar-refractivity contribution in [2.24, 2.45) is 0 Å². The molecule has 2 N–H and O–H groups in total. The summed E-state index contributed by atoms with van der Waals surface area (Å²) in [5, 5.41) is 18.9. The van der Waals surface area contributed by atoms with Crippen LogP contribution >= 0.6 is 0 Å². The second-order valence-electron chi connectivity index (χ2n) is 2.24. The van der Waals surface area contributed by atoms with E-state index < -0.39 is 5.97 Å². The maximum atomic E-state index is 9.99. The maximum absolute atomic E-state index is 9.99. The molecule has 0 aliphatic carbocycles. The van der Waals surface area contributed by atoms with Crippen LogP contribution in [-0.4, -0.2) is 54.3 Å². The number of phenols is 1.